The average molecular weight is 354 g/mol. The molecule has 2 aromatic rings. The van der Waals surface area contributed by atoms with Crippen LogP contribution in [-0.2, 0) is 11.3 Å². The number of carboxylic acids is 1. The molecule has 0 aromatic heterocycles. The lowest BCUT2D eigenvalue weighted by atomic mass is 10.1. The van der Waals surface area contributed by atoms with E-state index in [1.54, 1.807) is 18.2 Å². The lowest BCUT2D eigenvalue weighted by Crippen LogP contribution is -2.48. The summed E-state index contributed by atoms with van der Waals surface area (Å²) in [5, 5.41) is 12.1. The first-order valence-electron chi connectivity index (χ1n) is 8.69. The zero-order chi connectivity index (χ0) is 18.5. The molecule has 1 atom stereocenters. The van der Waals surface area contributed by atoms with Gasteiger partial charge in [0, 0.05) is 13.1 Å². The van der Waals surface area contributed by atoms with Crippen molar-refractivity contribution in [3.8, 4) is 5.75 Å². The van der Waals surface area contributed by atoms with Gasteiger partial charge in [-0.25, -0.2) is 4.79 Å². The van der Waals surface area contributed by atoms with Gasteiger partial charge < -0.3 is 20.1 Å². The van der Waals surface area contributed by atoms with Gasteiger partial charge in [-0.2, -0.15) is 0 Å². The summed E-state index contributed by atoms with van der Waals surface area (Å²) in [6.45, 7) is 3.52. The van der Waals surface area contributed by atoms with E-state index in [9.17, 15) is 14.7 Å². The van der Waals surface area contributed by atoms with Gasteiger partial charge in [0.25, 0.3) is 5.91 Å². The SMILES string of the molecule is CCCNC(=O)C1CN(Cc2cccc(C(=O)O)c2)c2ccccc2O1. The van der Waals surface area contributed by atoms with Crippen LogP contribution in [0.15, 0.2) is 48.5 Å². The van der Waals surface area contributed by atoms with Crippen LogP contribution in [0.5, 0.6) is 5.75 Å². The molecule has 6 heteroatoms. The Bertz CT molecular complexity index is 806. The first-order valence-corrected chi connectivity index (χ1v) is 8.69. The smallest absolute Gasteiger partial charge is 0.335 e. The maximum Gasteiger partial charge on any atom is 0.335 e. The largest absolute Gasteiger partial charge is 0.478 e. The third-order valence-electron chi connectivity index (χ3n) is 4.25. The number of hydrogen-bond acceptors (Lipinski definition) is 4. The van der Waals surface area contributed by atoms with E-state index in [-0.39, 0.29) is 11.5 Å². The predicted molar refractivity (Wildman–Crippen MR) is 98.6 cm³/mol. The van der Waals surface area contributed by atoms with Crippen molar-refractivity contribution in [2.24, 2.45) is 0 Å². The molecule has 0 aliphatic carbocycles. The van der Waals surface area contributed by atoms with E-state index >= 15 is 0 Å². The maximum absolute atomic E-state index is 12.4. The number of amides is 1. The second-order valence-electron chi connectivity index (χ2n) is 6.25. The Balaban J connectivity index is 1.83. The molecule has 1 aliphatic heterocycles. The zero-order valence-electron chi connectivity index (χ0n) is 14.6. The summed E-state index contributed by atoms with van der Waals surface area (Å²) in [5.41, 5.74) is 2.02. The Labute approximate surface area is 152 Å². The molecule has 1 unspecified atom stereocenters. The van der Waals surface area contributed by atoms with Crippen LogP contribution in [0, 0.1) is 0 Å². The fraction of sp³-hybridized carbons (Fsp3) is 0.300. The van der Waals surface area contributed by atoms with Crippen LogP contribution >= 0.6 is 0 Å². The van der Waals surface area contributed by atoms with E-state index in [0.717, 1.165) is 17.7 Å². The molecule has 1 amide bonds. The summed E-state index contributed by atoms with van der Waals surface area (Å²) in [7, 11) is 0. The van der Waals surface area contributed by atoms with Gasteiger partial charge in [0.2, 0.25) is 0 Å². The van der Waals surface area contributed by atoms with Crippen molar-refractivity contribution in [2.45, 2.75) is 26.0 Å². The molecule has 0 radical (unpaired) electrons. The third kappa shape index (κ3) is 3.96. The Kier molecular flexibility index (Phi) is 5.41. The van der Waals surface area contributed by atoms with Gasteiger partial charge in [0.15, 0.2) is 6.10 Å². The number of fused-ring (bicyclic) bond motifs is 1. The molecular weight excluding hydrogens is 332 g/mol. The highest BCUT2D eigenvalue weighted by molar-refractivity contribution is 5.87. The summed E-state index contributed by atoms with van der Waals surface area (Å²) >= 11 is 0. The molecule has 26 heavy (non-hydrogen) atoms. The minimum atomic E-state index is -0.953. The molecular formula is C20H22N2O4. The number of rotatable bonds is 6. The van der Waals surface area contributed by atoms with Gasteiger partial charge in [-0.3, -0.25) is 4.79 Å². The minimum absolute atomic E-state index is 0.134. The van der Waals surface area contributed by atoms with Crippen molar-refractivity contribution in [1.82, 2.24) is 5.32 Å². The lowest BCUT2D eigenvalue weighted by Gasteiger charge is -2.35. The Morgan fingerprint density at radius 3 is 2.81 bits per heavy atom. The molecule has 1 heterocycles. The number of aromatic carboxylic acids is 1. The van der Waals surface area contributed by atoms with Gasteiger partial charge in [-0.1, -0.05) is 31.2 Å². The van der Waals surface area contributed by atoms with E-state index in [4.69, 9.17) is 4.74 Å². The van der Waals surface area contributed by atoms with E-state index in [0.29, 0.717) is 25.4 Å². The van der Waals surface area contributed by atoms with Gasteiger partial charge in [0.1, 0.15) is 5.75 Å². The highest BCUT2D eigenvalue weighted by atomic mass is 16.5. The van der Waals surface area contributed by atoms with Crippen LogP contribution in [0.4, 0.5) is 5.69 Å². The van der Waals surface area contributed by atoms with Crippen molar-refractivity contribution < 1.29 is 19.4 Å². The number of nitrogens with one attached hydrogen (secondary N) is 1. The number of benzene rings is 2. The Morgan fingerprint density at radius 2 is 2.04 bits per heavy atom. The Hall–Kier alpha value is -3.02. The van der Waals surface area contributed by atoms with E-state index in [2.05, 4.69) is 10.2 Å². The first kappa shape index (κ1) is 17.8. The summed E-state index contributed by atoms with van der Waals surface area (Å²) in [4.78, 5) is 25.6. The van der Waals surface area contributed by atoms with Gasteiger partial charge in [-0.05, 0) is 36.2 Å². The molecule has 0 saturated heterocycles. The minimum Gasteiger partial charge on any atom is -0.478 e. The highest BCUT2D eigenvalue weighted by Crippen LogP contribution is 2.34. The number of ether oxygens (including phenoxy) is 1. The molecule has 136 valence electrons. The first-order chi connectivity index (χ1) is 12.6. The summed E-state index contributed by atoms with van der Waals surface area (Å²) < 4.78 is 5.87. The molecule has 0 fully saturated rings. The number of carbonyl (C=O) groups is 2. The van der Waals surface area contributed by atoms with Crippen molar-refractivity contribution in [3.63, 3.8) is 0 Å². The maximum atomic E-state index is 12.4. The van der Waals surface area contributed by atoms with Crippen LogP contribution < -0.4 is 15.0 Å². The second-order valence-corrected chi connectivity index (χ2v) is 6.25. The number of anilines is 1. The fourth-order valence-corrected chi connectivity index (χ4v) is 2.98. The quantitative estimate of drug-likeness (QED) is 0.834. The molecule has 2 N–H and O–H groups in total. The molecule has 6 nitrogen and oxygen atoms in total. The fourth-order valence-electron chi connectivity index (χ4n) is 2.98. The summed E-state index contributed by atoms with van der Waals surface area (Å²) in [6.07, 6.45) is 0.264. The normalized spacial score (nSPS) is 15.7. The lowest BCUT2D eigenvalue weighted by molar-refractivity contribution is -0.127. The van der Waals surface area contributed by atoms with E-state index in [1.807, 2.05) is 37.3 Å². The molecule has 0 spiro atoms. The average Bonchev–Trinajstić information content (AvgIpc) is 2.66. The molecule has 1 aliphatic rings. The number of carboxylic acid groups (broad SMARTS) is 1. The van der Waals surface area contributed by atoms with Crippen molar-refractivity contribution in [2.75, 3.05) is 18.0 Å². The van der Waals surface area contributed by atoms with Gasteiger partial charge in [-0.15, -0.1) is 0 Å². The second kappa shape index (κ2) is 7.91. The number of nitrogens with zero attached hydrogens (tertiary/aromatic N) is 1. The summed E-state index contributed by atoms with van der Waals surface area (Å²) in [6, 6.07) is 14.4. The zero-order valence-corrected chi connectivity index (χ0v) is 14.6. The topological polar surface area (TPSA) is 78.9 Å². The number of para-hydroxylation sites is 2. The van der Waals surface area contributed by atoms with Crippen LogP contribution in [0.3, 0.4) is 0 Å². The van der Waals surface area contributed by atoms with Crippen LogP contribution in [-0.4, -0.2) is 36.2 Å². The highest BCUT2D eigenvalue weighted by Gasteiger charge is 2.30. The van der Waals surface area contributed by atoms with Crippen LogP contribution in [0.25, 0.3) is 0 Å². The third-order valence-corrected chi connectivity index (χ3v) is 4.25. The standard InChI is InChI=1S/C20H22N2O4/c1-2-10-21-19(23)18-13-22(16-8-3-4-9-17(16)26-18)12-14-6-5-7-15(11-14)20(24)25/h3-9,11,18H,2,10,12-13H2,1H3,(H,21,23)(H,24,25). The van der Waals surface area contributed by atoms with E-state index in [1.165, 1.54) is 0 Å². The van der Waals surface area contributed by atoms with Crippen molar-refractivity contribution in [3.05, 3.63) is 59.7 Å². The number of hydrogen-bond donors (Lipinski definition) is 2. The van der Waals surface area contributed by atoms with E-state index < -0.39 is 12.1 Å². The molecule has 0 bridgehead atoms. The molecule has 0 saturated carbocycles. The Morgan fingerprint density at radius 1 is 1.23 bits per heavy atom. The van der Waals surface area contributed by atoms with Crippen LogP contribution in [0.1, 0.15) is 29.3 Å². The monoisotopic (exact) mass is 354 g/mol. The summed E-state index contributed by atoms with van der Waals surface area (Å²) in [5.74, 6) is -0.429. The molecule has 2 aromatic carbocycles. The van der Waals surface area contributed by atoms with Crippen molar-refractivity contribution in [1.29, 1.82) is 0 Å². The predicted octanol–water partition coefficient (Wildman–Crippen LogP) is 2.68. The van der Waals surface area contributed by atoms with Gasteiger partial charge >= 0.3 is 5.97 Å². The van der Waals surface area contributed by atoms with Crippen LogP contribution in [0.2, 0.25) is 0 Å². The molecule has 3 rings (SSSR count). The van der Waals surface area contributed by atoms with Gasteiger partial charge in [0.05, 0.1) is 17.8 Å². The number of carbonyl (C=O) groups excluding carboxylic acids is 1. The van der Waals surface area contributed by atoms with Crippen molar-refractivity contribution >= 4 is 17.6 Å².